The summed E-state index contributed by atoms with van der Waals surface area (Å²) in [6.07, 6.45) is 1.81. The first kappa shape index (κ1) is 15.2. The maximum absolute atomic E-state index is 11.6. The summed E-state index contributed by atoms with van der Waals surface area (Å²) in [5.74, 6) is -0.571. The number of nitrogens with one attached hydrogen (secondary N) is 1. The van der Waals surface area contributed by atoms with Crippen LogP contribution in [0.5, 0.6) is 0 Å². The number of ether oxygens (including phenoxy) is 1. The predicted octanol–water partition coefficient (Wildman–Crippen LogP) is 1.66. The van der Waals surface area contributed by atoms with Crippen molar-refractivity contribution < 1.29 is 23.8 Å². The molecule has 1 aromatic heterocycles. The molecule has 2 N–H and O–H groups in total. The minimum Gasteiger partial charge on any atom is -0.478 e. The quantitative estimate of drug-likeness (QED) is 0.732. The molecule has 106 valence electrons. The lowest BCUT2D eigenvalue weighted by molar-refractivity contribution is -0.143. The zero-order valence-corrected chi connectivity index (χ0v) is 11.3. The summed E-state index contributed by atoms with van der Waals surface area (Å²) in [7, 11) is 1.34. The summed E-state index contributed by atoms with van der Waals surface area (Å²) in [4.78, 5) is 22.3. The third kappa shape index (κ3) is 4.75. The molecule has 0 saturated carbocycles. The van der Waals surface area contributed by atoms with Gasteiger partial charge in [-0.05, 0) is 18.4 Å². The Morgan fingerprint density at radius 2 is 2.16 bits per heavy atom. The molecule has 0 spiro atoms. The molecule has 1 atom stereocenters. The lowest BCUT2D eigenvalue weighted by atomic mass is 10.0. The second-order valence-corrected chi connectivity index (χ2v) is 4.69. The molecule has 0 fully saturated rings. The van der Waals surface area contributed by atoms with Gasteiger partial charge in [0.25, 0.3) is 0 Å². The summed E-state index contributed by atoms with van der Waals surface area (Å²) in [6, 6.07) is 1.00. The van der Waals surface area contributed by atoms with Gasteiger partial charge in [-0.2, -0.15) is 0 Å². The third-order valence-corrected chi connectivity index (χ3v) is 2.62. The lowest BCUT2D eigenvalue weighted by Crippen LogP contribution is -2.38. The van der Waals surface area contributed by atoms with Gasteiger partial charge in [0.15, 0.2) is 0 Å². The number of esters is 1. The summed E-state index contributed by atoms with van der Waals surface area (Å²) in [5, 5.41) is 11.8. The van der Waals surface area contributed by atoms with E-state index in [1.54, 1.807) is 0 Å². The fourth-order valence-electron chi connectivity index (χ4n) is 1.69. The molecule has 1 rings (SSSR count). The minimum absolute atomic E-state index is 0.0928. The summed E-state index contributed by atoms with van der Waals surface area (Å²) in [5.41, 5.74) is 0.0928. The van der Waals surface area contributed by atoms with E-state index >= 15 is 0 Å². The Kier molecular flexibility index (Phi) is 5.57. The molecule has 1 unspecified atom stereocenters. The molecule has 6 nitrogen and oxygen atoms in total. The molecule has 19 heavy (non-hydrogen) atoms. The van der Waals surface area contributed by atoms with Crippen LogP contribution in [0.3, 0.4) is 0 Å². The third-order valence-electron chi connectivity index (χ3n) is 2.62. The number of hydrogen-bond acceptors (Lipinski definition) is 5. The van der Waals surface area contributed by atoms with Crippen molar-refractivity contribution in [3.63, 3.8) is 0 Å². The van der Waals surface area contributed by atoms with Gasteiger partial charge in [0.2, 0.25) is 0 Å². The van der Waals surface area contributed by atoms with Crippen LogP contribution in [0.4, 0.5) is 0 Å². The Morgan fingerprint density at radius 3 is 2.63 bits per heavy atom. The highest BCUT2D eigenvalue weighted by Crippen LogP contribution is 2.10. The van der Waals surface area contributed by atoms with E-state index in [4.69, 9.17) is 14.3 Å². The van der Waals surface area contributed by atoms with Crippen LogP contribution in [0.2, 0.25) is 0 Å². The van der Waals surface area contributed by atoms with Crippen molar-refractivity contribution in [1.29, 1.82) is 0 Å². The van der Waals surface area contributed by atoms with E-state index in [0.717, 1.165) is 0 Å². The molecule has 1 heterocycles. The first-order valence-corrected chi connectivity index (χ1v) is 6.06. The number of furan rings is 1. The molecule has 0 saturated heterocycles. The minimum atomic E-state index is -1.04. The average Bonchev–Trinajstić information content (AvgIpc) is 2.82. The van der Waals surface area contributed by atoms with Gasteiger partial charge >= 0.3 is 11.9 Å². The Labute approximate surface area is 111 Å². The number of rotatable bonds is 7. The van der Waals surface area contributed by atoms with Crippen molar-refractivity contribution in [2.45, 2.75) is 32.9 Å². The molecule has 0 amide bonds. The number of carboxylic acid groups (broad SMARTS) is 1. The van der Waals surface area contributed by atoms with Crippen LogP contribution in [0.1, 0.15) is 36.4 Å². The highest BCUT2D eigenvalue weighted by atomic mass is 16.5. The number of aromatic carboxylic acids is 1. The number of methoxy groups -OCH3 is 1. The van der Waals surface area contributed by atoms with Crippen molar-refractivity contribution in [1.82, 2.24) is 5.32 Å². The average molecular weight is 269 g/mol. The van der Waals surface area contributed by atoms with Crippen molar-refractivity contribution >= 4 is 11.9 Å². The van der Waals surface area contributed by atoms with Crippen molar-refractivity contribution in [2.24, 2.45) is 5.92 Å². The van der Waals surface area contributed by atoms with Crippen LogP contribution in [0.15, 0.2) is 16.7 Å². The van der Waals surface area contributed by atoms with Crippen LogP contribution in [0.25, 0.3) is 0 Å². The van der Waals surface area contributed by atoms with Crippen molar-refractivity contribution in [3.05, 3.63) is 23.7 Å². The zero-order valence-electron chi connectivity index (χ0n) is 11.3. The SMILES string of the molecule is COC(=O)C(CC(C)C)NCc1cc(C(=O)O)co1. The monoisotopic (exact) mass is 269 g/mol. The first-order valence-electron chi connectivity index (χ1n) is 6.06. The number of carboxylic acids is 1. The van der Waals surface area contributed by atoms with E-state index in [0.29, 0.717) is 18.1 Å². The highest BCUT2D eigenvalue weighted by molar-refractivity contribution is 5.87. The topological polar surface area (TPSA) is 88.8 Å². The van der Waals surface area contributed by atoms with E-state index < -0.39 is 12.0 Å². The molecule has 0 bridgehead atoms. The van der Waals surface area contributed by atoms with E-state index in [1.165, 1.54) is 19.4 Å². The normalized spacial score (nSPS) is 12.4. The van der Waals surface area contributed by atoms with Gasteiger partial charge in [-0.15, -0.1) is 0 Å². The number of carbonyl (C=O) groups is 2. The maximum atomic E-state index is 11.6. The molecular weight excluding hydrogens is 250 g/mol. The van der Waals surface area contributed by atoms with Gasteiger partial charge in [0.1, 0.15) is 18.1 Å². The van der Waals surface area contributed by atoms with Gasteiger partial charge in [-0.3, -0.25) is 10.1 Å². The highest BCUT2D eigenvalue weighted by Gasteiger charge is 2.20. The second kappa shape index (κ2) is 6.94. The fourth-order valence-corrected chi connectivity index (χ4v) is 1.69. The Balaban J connectivity index is 2.59. The summed E-state index contributed by atoms with van der Waals surface area (Å²) in [6.45, 7) is 4.29. The van der Waals surface area contributed by atoms with E-state index in [-0.39, 0.29) is 18.1 Å². The van der Waals surface area contributed by atoms with Crippen LogP contribution in [-0.2, 0) is 16.1 Å². The molecule has 0 radical (unpaired) electrons. The molecule has 1 aromatic rings. The first-order chi connectivity index (χ1) is 8.93. The standard InChI is InChI=1S/C13H19NO5/c1-8(2)4-11(13(17)18-3)14-6-10-5-9(7-19-10)12(15)16/h5,7-8,11,14H,4,6H2,1-3H3,(H,15,16). The molecule has 0 aromatic carbocycles. The van der Waals surface area contributed by atoms with E-state index in [1.807, 2.05) is 13.8 Å². The maximum Gasteiger partial charge on any atom is 0.338 e. The zero-order chi connectivity index (χ0) is 14.4. The Bertz CT molecular complexity index is 438. The molecule has 0 aliphatic carbocycles. The van der Waals surface area contributed by atoms with E-state index in [2.05, 4.69) is 5.32 Å². The van der Waals surface area contributed by atoms with Crippen molar-refractivity contribution in [2.75, 3.05) is 7.11 Å². The van der Waals surface area contributed by atoms with Crippen LogP contribution in [0, 0.1) is 5.92 Å². The van der Waals surface area contributed by atoms with Crippen LogP contribution >= 0.6 is 0 Å². The van der Waals surface area contributed by atoms with Crippen LogP contribution in [-0.4, -0.2) is 30.2 Å². The van der Waals surface area contributed by atoms with Gasteiger partial charge in [0.05, 0.1) is 19.2 Å². The second-order valence-electron chi connectivity index (χ2n) is 4.69. The summed E-state index contributed by atoms with van der Waals surface area (Å²) >= 11 is 0. The fraction of sp³-hybridized carbons (Fsp3) is 0.538. The smallest absolute Gasteiger partial charge is 0.338 e. The van der Waals surface area contributed by atoms with Gasteiger partial charge in [-0.25, -0.2) is 4.79 Å². The lowest BCUT2D eigenvalue weighted by Gasteiger charge is -2.17. The molecule has 0 aliphatic rings. The van der Waals surface area contributed by atoms with Crippen LogP contribution < -0.4 is 5.32 Å². The van der Waals surface area contributed by atoms with E-state index in [9.17, 15) is 9.59 Å². The Hall–Kier alpha value is -1.82. The van der Waals surface area contributed by atoms with Gasteiger partial charge < -0.3 is 14.3 Å². The largest absolute Gasteiger partial charge is 0.478 e. The Morgan fingerprint density at radius 1 is 1.47 bits per heavy atom. The van der Waals surface area contributed by atoms with Gasteiger partial charge in [0, 0.05) is 0 Å². The predicted molar refractivity (Wildman–Crippen MR) is 67.8 cm³/mol. The number of hydrogen-bond donors (Lipinski definition) is 2. The number of carbonyl (C=O) groups excluding carboxylic acids is 1. The molecular formula is C13H19NO5. The molecule has 6 heteroatoms. The molecule has 0 aliphatic heterocycles. The summed E-state index contributed by atoms with van der Waals surface area (Å²) < 4.78 is 9.82. The van der Waals surface area contributed by atoms with Crippen molar-refractivity contribution in [3.8, 4) is 0 Å². The van der Waals surface area contributed by atoms with Gasteiger partial charge in [-0.1, -0.05) is 13.8 Å².